The van der Waals surface area contributed by atoms with Gasteiger partial charge in [-0.1, -0.05) is 39.3 Å². The number of esters is 1. The quantitative estimate of drug-likeness (QED) is 0.489. The van der Waals surface area contributed by atoms with E-state index < -0.39 is 10.8 Å². The van der Waals surface area contributed by atoms with Crippen LogP contribution in [0.2, 0.25) is 0 Å². The number of hydrogen-bond donors (Lipinski definition) is 0. The van der Waals surface area contributed by atoms with Gasteiger partial charge in [-0.2, -0.15) is 5.26 Å². The van der Waals surface area contributed by atoms with Gasteiger partial charge >= 0.3 is 5.97 Å². The van der Waals surface area contributed by atoms with E-state index in [1.165, 1.54) is 7.11 Å². The molecule has 3 fully saturated rings. The molecule has 0 amide bonds. The monoisotopic (exact) mass is 463 g/mol. The summed E-state index contributed by atoms with van der Waals surface area (Å²) in [6, 6.07) is 2.11. The van der Waals surface area contributed by atoms with E-state index in [2.05, 4.69) is 33.8 Å². The maximum Gasteiger partial charge on any atom is 0.312 e. The van der Waals surface area contributed by atoms with Gasteiger partial charge < -0.3 is 4.74 Å². The summed E-state index contributed by atoms with van der Waals surface area (Å²) in [7, 11) is 1.48. The predicted octanol–water partition coefficient (Wildman–Crippen LogP) is 5.35. The smallest absolute Gasteiger partial charge is 0.312 e. The highest BCUT2D eigenvalue weighted by Crippen LogP contribution is 2.69. The van der Waals surface area contributed by atoms with E-state index in [1.807, 2.05) is 12.2 Å². The first-order valence-corrected chi connectivity index (χ1v) is 12.9. The minimum Gasteiger partial charge on any atom is -0.469 e. The van der Waals surface area contributed by atoms with Crippen molar-refractivity contribution in [2.75, 3.05) is 7.11 Å². The lowest BCUT2D eigenvalue weighted by atomic mass is 9.40. The molecule has 0 heterocycles. The van der Waals surface area contributed by atoms with Crippen molar-refractivity contribution in [3.05, 3.63) is 23.3 Å². The number of carbonyl (C=O) groups is 3. The number of nitriles is 1. The van der Waals surface area contributed by atoms with Crippen LogP contribution < -0.4 is 0 Å². The SMILES string of the molecule is COC(=O)[C@@]12CCC3C(C(=O)C=C4[C@@]5(C)C=C(C#N)C(=O)CC5CC[C@]43C)C1CC(C)(C)CC2. The Hall–Kier alpha value is -2.22. The number of methoxy groups -OCH3 is 1. The molecule has 182 valence electrons. The average molecular weight is 464 g/mol. The van der Waals surface area contributed by atoms with Gasteiger partial charge in [0.1, 0.15) is 6.07 Å². The maximum atomic E-state index is 14.0. The molecule has 0 saturated heterocycles. The van der Waals surface area contributed by atoms with E-state index in [0.29, 0.717) is 6.42 Å². The summed E-state index contributed by atoms with van der Waals surface area (Å²) in [6.45, 7) is 8.95. The highest BCUT2D eigenvalue weighted by atomic mass is 16.5. The molecule has 0 aromatic rings. The van der Waals surface area contributed by atoms with Crippen LogP contribution in [0.1, 0.15) is 79.1 Å². The number of ether oxygens (including phenoxy) is 1. The second-order valence-electron chi connectivity index (χ2n) is 13.0. The first kappa shape index (κ1) is 23.5. The van der Waals surface area contributed by atoms with Crippen LogP contribution in [0.4, 0.5) is 0 Å². The Kier molecular flexibility index (Phi) is 5.11. The predicted molar refractivity (Wildman–Crippen MR) is 127 cm³/mol. The molecule has 5 heteroatoms. The van der Waals surface area contributed by atoms with Gasteiger partial charge in [-0.15, -0.1) is 0 Å². The van der Waals surface area contributed by atoms with Crippen LogP contribution in [0.3, 0.4) is 0 Å². The molecule has 0 radical (unpaired) electrons. The second-order valence-corrected chi connectivity index (χ2v) is 13.0. The summed E-state index contributed by atoms with van der Waals surface area (Å²) in [5.41, 5.74) is 0.256. The Morgan fingerprint density at radius 3 is 2.47 bits per heavy atom. The Morgan fingerprint density at radius 1 is 1.06 bits per heavy atom. The number of rotatable bonds is 1. The van der Waals surface area contributed by atoms with Crippen LogP contribution in [-0.4, -0.2) is 24.6 Å². The van der Waals surface area contributed by atoms with Crippen LogP contribution in [-0.2, 0) is 19.1 Å². The van der Waals surface area contributed by atoms with Crippen molar-refractivity contribution in [3.8, 4) is 6.07 Å². The molecule has 34 heavy (non-hydrogen) atoms. The third-order valence-electron chi connectivity index (χ3n) is 10.9. The molecule has 5 rings (SSSR count). The van der Waals surface area contributed by atoms with Gasteiger partial charge in [0.25, 0.3) is 0 Å². The lowest BCUT2D eigenvalue weighted by Crippen LogP contribution is -2.60. The van der Waals surface area contributed by atoms with Crippen molar-refractivity contribution in [3.63, 3.8) is 0 Å². The molecule has 5 nitrogen and oxygen atoms in total. The third kappa shape index (κ3) is 2.99. The Morgan fingerprint density at radius 2 is 1.79 bits per heavy atom. The fourth-order valence-corrected chi connectivity index (χ4v) is 8.97. The molecule has 3 saturated carbocycles. The zero-order valence-corrected chi connectivity index (χ0v) is 21.2. The van der Waals surface area contributed by atoms with Crippen molar-refractivity contribution < 1.29 is 19.1 Å². The number of allylic oxidation sites excluding steroid dienone is 4. The second kappa shape index (κ2) is 7.39. The molecule has 5 aliphatic carbocycles. The summed E-state index contributed by atoms with van der Waals surface area (Å²) in [5.74, 6) is 0.0533. The van der Waals surface area contributed by atoms with Gasteiger partial charge in [0, 0.05) is 17.8 Å². The minimum atomic E-state index is -0.560. The highest BCUT2D eigenvalue weighted by molar-refractivity contribution is 6.01. The molecule has 0 spiro atoms. The standard InChI is InChI=1S/C29H37NO4/c1-26(2)10-11-29(25(33)34-5)9-7-19-24(20(29)15-26)22(32)13-23-27(19,3)8-6-18-12-21(31)17(16-30)14-28(18,23)4/h13-14,18-20,24H,6-12,15H2,1-5H3/t18?,19?,20?,24?,27-,28-,29+/m0/s1. The van der Waals surface area contributed by atoms with Gasteiger partial charge in [0.2, 0.25) is 0 Å². The molecule has 0 aromatic carbocycles. The maximum absolute atomic E-state index is 14.0. The summed E-state index contributed by atoms with van der Waals surface area (Å²) < 4.78 is 5.35. The lowest BCUT2D eigenvalue weighted by Gasteiger charge is -2.63. The number of Topliss-reactive ketones (excluding diaryl/α,β-unsaturated/α-hetero) is 1. The molecule has 5 aliphatic rings. The zero-order chi connectivity index (χ0) is 24.7. The zero-order valence-electron chi connectivity index (χ0n) is 21.2. The van der Waals surface area contributed by atoms with Crippen LogP contribution in [0.25, 0.3) is 0 Å². The van der Waals surface area contributed by atoms with E-state index in [4.69, 9.17) is 4.74 Å². The van der Waals surface area contributed by atoms with Gasteiger partial charge in [-0.3, -0.25) is 14.4 Å². The number of ketones is 2. The summed E-state index contributed by atoms with van der Waals surface area (Å²) in [6.07, 6.45) is 10.2. The molecule has 7 atom stereocenters. The Balaban J connectivity index is 1.63. The van der Waals surface area contributed by atoms with E-state index in [1.54, 1.807) is 0 Å². The van der Waals surface area contributed by atoms with Gasteiger partial charge in [-0.05, 0) is 79.6 Å². The van der Waals surface area contributed by atoms with Crippen molar-refractivity contribution >= 4 is 17.5 Å². The van der Waals surface area contributed by atoms with E-state index >= 15 is 0 Å². The van der Waals surface area contributed by atoms with E-state index in [9.17, 15) is 19.6 Å². The summed E-state index contributed by atoms with van der Waals surface area (Å²) >= 11 is 0. The van der Waals surface area contributed by atoms with E-state index in [-0.39, 0.29) is 57.6 Å². The number of fused-ring (bicyclic) bond motifs is 7. The van der Waals surface area contributed by atoms with Crippen LogP contribution in [0, 0.1) is 56.7 Å². The molecule has 0 N–H and O–H groups in total. The first-order chi connectivity index (χ1) is 15.9. The van der Waals surface area contributed by atoms with Crippen molar-refractivity contribution in [1.29, 1.82) is 5.26 Å². The van der Waals surface area contributed by atoms with E-state index in [0.717, 1.165) is 50.5 Å². The van der Waals surface area contributed by atoms with Crippen molar-refractivity contribution in [1.82, 2.24) is 0 Å². The fourth-order valence-electron chi connectivity index (χ4n) is 8.97. The Labute approximate surface area is 203 Å². The third-order valence-corrected chi connectivity index (χ3v) is 10.9. The highest BCUT2D eigenvalue weighted by Gasteiger charge is 2.65. The normalized spacial score (nSPS) is 44.8. The molecular formula is C29H37NO4. The number of carbonyl (C=O) groups excluding carboxylic acids is 3. The van der Waals surface area contributed by atoms with Gasteiger partial charge in [0.05, 0.1) is 18.1 Å². The van der Waals surface area contributed by atoms with Crippen LogP contribution in [0.5, 0.6) is 0 Å². The van der Waals surface area contributed by atoms with Crippen molar-refractivity contribution in [2.45, 2.75) is 79.1 Å². The number of hydrogen-bond acceptors (Lipinski definition) is 5. The molecular weight excluding hydrogens is 426 g/mol. The number of nitrogens with zero attached hydrogens (tertiary/aromatic N) is 1. The summed E-state index contributed by atoms with van der Waals surface area (Å²) in [4.78, 5) is 39.7. The minimum absolute atomic E-state index is 0.00625. The molecule has 0 aromatic heterocycles. The van der Waals surface area contributed by atoms with Crippen LogP contribution in [0.15, 0.2) is 23.3 Å². The molecule has 0 bridgehead atoms. The van der Waals surface area contributed by atoms with Crippen molar-refractivity contribution in [2.24, 2.45) is 45.3 Å². The van der Waals surface area contributed by atoms with Crippen LogP contribution >= 0.6 is 0 Å². The summed E-state index contributed by atoms with van der Waals surface area (Å²) in [5, 5.41) is 9.58. The first-order valence-electron chi connectivity index (χ1n) is 12.9. The molecule has 0 aliphatic heterocycles. The van der Waals surface area contributed by atoms with Gasteiger partial charge in [0.15, 0.2) is 11.6 Å². The average Bonchev–Trinajstić information content (AvgIpc) is 2.79. The Bertz CT molecular complexity index is 1080. The van der Waals surface area contributed by atoms with Gasteiger partial charge in [-0.25, -0.2) is 0 Å². The lowest BCUT2D eigenvalue weighted by molar-refractivity contribution is -0.177. The topological polar surface area (TPSA) is 84.2 Å². The largest absolute Gasteiger partial charge is 0.469 e. The molecule has 4 unspecified atom stereocenters. The fraction of sp³-hybridized carbons (Fsp3) is 0.724.